The topological polar surface area (TPSA) is 138 Å². The maximum atomic E-state index is 14.2. The van der Waals surface area contributed by atoms with Crippen molar-refractivity contribution >= 4 is 22.6 Å². The van der Waals surface area contributed by atoms with Gasteiger partial charge in [-0.05, 0) is 85.7 Å². The van der Waals surface area contributed by atoms with Crippen molar-refractivity contribution in [1.29, 1.82) is 0 Å². The number of H-pyrrole nitrogens is 1. The summed E-state index contributed by atoms with van der Waals surface area (Å²) in [6.45, 7) is 11.2. The van der Waals surface area contributed by atoms with Crippen LogP contribution in [0.5, 0.6) is 11.5 Å². The molecule has 11 heteroatoms. The van der Waals surface area contributed by atoms with E-state index in [0.29, 0.717) is 50.5 Å². The molecule has 2 aromatic carbocycles. The maximum absolute atomic E-state index is 14.2. The first-order valence-electron chi connectivity index (χ1n) is 19.4. The fraction of sp³-hybridized carbons (Fsp3) is 0.488. The van der Waals surface area contributed by atoms with Gasteiger partial charge in [0.1, 0.15) is 30.8 Å². The number of hydrogen-bond donors (Lipinski definition) is 4. The number of fused-ring (bicyclic) bond motifs is 3. The van der Waals surface area contributed by atoms with Crippen molar-refractivity contribution in [2.75, 3.05) is 40.1 Å². The van der Waals surface area contributed by atoms with Crippen LogP contribution in [0.25, 0.3) is 10.9 Å². The quantitative estimate of drug-likeness (QED) is 0.0578. The molecular formula is C43H56N4O7. The number of amides is 2. The van der Waals surface area contributed by atoms with Gasteiger partial charge in [0.05, 0.1) is 24.8 Å². The largest absolute Gasteiger partial charge is 0.490 e. The highest BCUT2D eigenvalue weighted by atomic mass is 16.7. The first-order chi connectivity index (χ1) is 26.4. The Morgan fingerprint density at radius 3 is 2.59 bits per heavy atom. The van der Waals surface area contributed by atoms with E-state index in [1.54, 1.807) is 24.1 Å². The van der Waals surface area contributed by atoms with Crippen LogP contribution in [-0.4, -0.2) is 83.8 Å². The third kappa shape index (κ3) is 8.09. The van der Waals surface area contributed by atoms with Gasteiger partial charge in [0.25, 0.3) is 0 Å². The number of aromatic amines is 1. The number of aromatic nitrogens is 1. The summed E-state index contributed by atoms with van der Waals surface area (Å²) in [4.78, 5) is 25.1. The smallest absolute Gasteiger partial charge is 0.317 e. The number of rotatable bonds is 19. The highest BCUT2D eigenvalue weighted by molar-refractivity contribution is 6.03. The molecule has 2 heterocycles. The Kier molecular flexibility index (Phi) is 13.2. The summed E-state index contributed by atoms with van der Waals surface area (Å²) in [7, 11) is 1.79. The van der Waals surface area contributed by atoms with Crippen molar-refractivity contribution in [3.05, 3.63) is 96.7 Å². The lowest BCUT2D eigenvalue weighted by molar-refractivity contribution is -0.252. The number of oxime groups is 1. The second-order valence-corrected chi connectivity index (χ2v) is 14.4. The van der Waals surface area contributed by atoms with Gasteiger partial charge in [-0.2, -0.15) is 0 Å². The Bertz CT molecular complexity index is 1790. The van der Waals surface area contributed by atoms with Crippen LogP contribution >= 0.6 is 0 Å². The molecule has 3 aromatic rings. The molecule has 11 nitrogen and oxygen atoms in total. The molecule has 1 fully saturated rings. The number of aliphatic hydroxyl groups is 2. The van der Waals surface area contributed by atoms with Gasteiger partial charge < -0.3 is 44.5 Å². The summed E-state index contributed by atoms with van der Waals surface area (Å²) in [5, 5.41) is 28.5. The predicted molar refractivity (Wildman–Crippen MR) is 211 cm³/mol. The molecule has 290 valence electrons. The van der Waals surface area contributed by atoms with E-state index in [1.807, 2.05) is 49.4 Å². The van der Waals surface area contributed by atoms with E-state index in [-0.39, 0.29) is 49.5 Å². The van der Waals surface area contributed by atoms with Crippen molar-refractivity contribution in [3.8, 4) is 11.5 Å². The molecule has 54 heavy (non-hydrogen) atoms. The van der Waals surface area contributed by atoms with Crippen LogP contribution in [0.1, 0.15) is 69.0 Å². The predicted octanol–water partition coefficient (Wildman–Crippen LogP) is 7.23. The molecule has 1 saturated carbocycles. The van der Waals surface area contributed by atoms with E-state index < -0.39 is 11.8 Å². The van der Waals surface area contributed by atoms with Crippen LogP contribution in [0.2, 0.25) is 0 Å². The summed E-state index contributed by atoms with van der Waals surface area (Å²) < 4.78 is 20.2. The minimum Gasteiger partial charge on any atom is -0.490 e. The van der Waals surface area contributed by atoms with Crippen molar-refractivity contribution < 1.29 is 34.1 Å². The number of ether oxygens (including phenoxy) is 3. The van der Waals surface area contributed by atoms with Gasteiger partial charge in [-0.15, -0.1) is 6.58 Å². The molecule has 1 aliphatic heterocycles. The third-order valence-electron chi connectivity index (χ3n) is 11.1. The highest BCUT2D eigenvalue weighted by Crippen LogP contribution is 2.61. The maximum Gasteiger partial charge on any atom is 0.317 e. The van der Waals surface area contributed by atoms with E-state index in [0.717, 1.165) is 59.1 Å². The molecular weight excluding hydrogens is 684 g/mol. The first kappa shape index (κ1) is 39.1. The zero-order chi connectivity index (χ0) is 38.1. The number of urea groups is 1. The van der Waals surface area contributed by atoms with Gasteiger partial charge in [-0.1, -0.05) is 61.0 Å². The van der Waals surface area contributed by atoms with Crippen molar-refractivity contribution in [2.45, 2.75) is 76.2 Å². The molecule has 2 aliphatic carbocycles. The number of nitrogens with one attached hydrogen (secondary N) is 2. The van der Waals surface area contributed by atoms with Crippen LogP contribution in [0.15, 0.2) is 90.6 Å². The van der Waals surface area contributed by atoms with E-state index >= 15 is 0 Å². The zero-order valence-corrected chi connectivity index (χ0v) is 31.7. The molecule has 0 radical (unpaired) electrons. The number of para-hydroxylation sites is 1. The SMILES string of the molecule is C=CCOc1ccc2c(c1)[C@H]1[C@H](CCCCO)[C@@H](CCCCO)C=C3C(=NOCC)C[C@H](N(C)C(=O)NCc4cc5ccccc5[nH]4)[C@@](OCC=C)(O2)[C@H]31. The number of carbonyl (C=O) groups excluding carboxylic acids is 1. The average Bonchev–Trinajstić information content (AvgIpc) is 3.61. The van der Waals surface area contributed by atoms with Gasteiger partial charge in [0, 0.05) is 49.4 Å². The Hall–Kier alpha value is -4.58. The van der Waals surface area contributed by atoms with Crippen molar-refractivity contribution in [2.24, 2.45) is 22.9 Å². The van der Waals surface area contributed by atoms with Crippen LogP contribution in [-0.2, 0) is 16.1 Å². The molecule has 2 amide bonds. The number of allylic oxidation sites excluding steroid dienone is 1. The molecule has 4 N–H and O–H groups in total. The third-order valence-corrected chi connectivity index (χ3v) is 11.1. The van der Waals surface area contributed by atoms with Gasteiger partial charge in [0.2, 0.25) is 5.79 Å². The first-order valence-corrected chi connectivity index (χ1v) is 19.4. The second kappa shape index (κ2) is 18.2. The van der Waals surface area contributed by atoms with Gasteiger partial charge in [0.15, 0.2) is 0 Å². The van der Waals surface area contributed by atoms with Gasteiger partial charge in [-0.25, -0.2) is 4.79 Å². The summed E-state index contributed by atoms with van der Waals surface area (Å²) in [5.74, 6) is -0.158. The van der Waals surface area contributed by atoms with Crippen LogP contribution < -0.4 is 14.8 Å². The van der Waals surface area contributed by atoms with Crippen molar-refractivity contribution in [1.82, 2.24) is 15.2 Å². The molecule has 3 aliphatic rings. The minimum absolute atomic E-state index is 0.119. The molecule has 0 bridgehead atoms. The standard InChI is InChI=1S/C43H56N4O7/c1-5-22-51-32-18-19-38-35(26-32)40-33(16-11-13-21-49)29(14-10-12-20-48)25-34-37(46-53-7-3)27-39(43(54-38,41(34)40)52-23-6-2)47(4)42(50)44-28-31-24-30-15-8-9-17-36(30)45-31/h5-6,8-9,15,17-19,24-26,29,33,39-41,45,48-49H,1-2,7,10-14,16,20-23,27-28H2,3-4H3,(H,44,50)/t29-,33+,39-,40+,41+,43+/m0/s1. The van der Waals surface area contributed by atoms with E-state index in [1.165, 1.54) is 0 Å². The summed E-state index contributed by atoms with van der Waals surface area (Å²) >= 11 is 0. The molecule has 1 aromatic heterocycles. The minimum atomic E-state index is -1.31. The number of likely N-dealkylation sites (N-methyl/N-ethyl adjacent to an activating group) is 1. The summed E-state index contributed by atoms with van der Waals surface area (Å²) in [5.41, 5.74) is 4.67. The number of benzene rings is 2. The van der Waals surface area contributed by atoms with Gasteiger partial charge >= 0.3 is 6.03 Å². The number of carbonyl (C=O) groups is 1. The van der Waals surface area contributed by atoms with E-state index in [9.17, 15) is 15.0 Å². The summed E-state index contributed by atoms with van der Waals surface area (Å²) in [6.07, 6.45) is 10.9. The highest BCUT2D eigenvalue weighted by Gasteiger charge is 2.65. The fourth-order valence-corrected chi connectivity index (χ4v) is 8.78. The Morgan fingerprint density at radius 1 is 1.07 bits per heavy atom. The normalized spacial score (nSPS) is 24.9. The molecule has 6 atom stereocenters. The second-order valence-electron chi connectivity index (χ2n) is 14.4. The number of hydrogen-bond acceptors (Lipinski definition) is 8. The molecule has 6 rings (SSSR count). The molecule has 0 unspecified atom stereocenters. The monoisotopic (exact) mass is 740 g/mol. The lowest BCUT2D eigenvalue weighted by atomic mass is 9.55. The summed E-state index contributed by atoms with van der Waals surface area (Å²) in [6, 6.07) is 15.1. The number of unbranched alkanes of at least 4 members (excludes halogenated alkanes) is 2. The Morgan fingerprint density at radius 2 is 1.85 bits per heavy atom. The average molecular weight is 741 g/mol. The lowest BCUT2D eigenvalue weighted by Crippen LogP contribution is -2.70. The zero-order valence-electron chi connectivity index (χ0n) is 31.7. The molecule has 0 saturated heterocycles. The van der Waals surface area contributed by atoms with E-state index in [2.05, 4.69) is 35.6 Å². The Balaban J connectivity index is 1.47. The lowest BCUT2D eigenvalue weighted by Gasteiger charge is -2.59. The van der Waals surface area contributed by atoms with E-state index in [4.69, 9.17) is 24.2 Å². The fourth-order valence-electron chi connectivity index (χ4n) is 8.78. The Labute approximate surface area is 318 Å². The van der Waals surface area contributed by atoms with Gasteiger partial charge in [-0.3, -0.25) is 0 Å². The molecule has 0 spiro atoms. The number of aliphatic hydroxyl groups excluding tert-OH is 2. The number of nitrogens with zero attached hydrogens (tertiary/aromatic N) is 2. The van der Waals surface area contributed by atoms with Crippen LogP contribution in [0.3, 0.4) is 0 Å². The van der Waals surface area contributed by atoms with Crippen molar-refractivity contribution in [3.63, 3.8) is 0 Å². The van der Waals surface area contributed by atoms with Crippen LogP contribution in [0, 0.1) is 17.8 Å². The van der Waals surface area contributed by atoms with Crippen LogP contribution in [0.4, 0.5) is 4.79 Å².